The van der Waals surface area contributed by atoms with Gasteiger partial charge in [-0.3, -0.25) is 0 Å². The maximum Gasteiger partial charge on any atom is 0.127 e. The molecule has 0 radical (unpaired) electrons. The molecule has 1 nitrogen and oxygen atoms in total. The van der Waals surface area contributed by atoms with Crippen LogP contribution in [0.25, 0.3) is 0 Å². The Balaban J connectivity index is 1.42. The van der Waals surface area contributed by atoms with Crippen LogP contribution in [0, 0.1) is 18.8 Å². The molecule has 0 amide bonds. The third kappa shape index (κ3) is 4.78. The number of fused-ring (bicyclic) bond motifs is 1. The standard InChI is InChI=1S/C29H34O/c1-20(2)29-19-23(18-25-9-5-6-11-28(25)29)17-22(4)24-12-14-26(15-13-24)30-27-10-7-8-21(3)16-27/h5-16,20,22-23,29H,17-19H2,1-4H3. The molecule has 3 aromatic rings. The Morgan fingerprint density at radius 2 is 1.63 bits per heavy atom. The summed E-state index contributed by atoms with van der Waals surface area (Å²) in [5, 5.41) is 0. The van der Waals surface area contributed by atoms with Gasteiger partial charge in [0, 0.05) is 0 Å². The van der Waals surface area contributed by atoms with E-state index in [9.17, 15) is 0 Å². The van der Waals surface area contributed by atoms with Gasteiger partial charge in [0.05, 0.1) is 0 Å². The van der Waals surface area contributed by atoms with Gasteiger partial charge in [0.25, 0.3) is 0 Å². The highest BCUT2D eigenvalue weighted by Crippen LogP contribution is 2.42. The van der Waals surface area contributed by atoms with Crippen molar-refractivity contribution < 1.29 is 4.74 Å². The molecule has 1 heteroatoms. The van der Waals surface area contributed by atoms with Crippen molar-refractivity contribution in [3.05, 3.63) is 95.1 Å². The summed E-state index contributed by atoms with van der Waals surface area (Å²) in [6.07, 6.45) is 3.78. The number of rotatable bonds is 6. The highest BCUT2D eigenvalue weighted by molar-refractivity contribution is 5.36. The molecule has 0 N–H and O–H groups in total. The molecule has 1 aliphatic rings. The summed E-state index contributed by atoms with van der Waals surface area (Å²) in [5.41, 5.74) is 5.79. The van der Waals surface area contributed by atoms with Gasteiger partial charge in [-0.25, -0.2) is 0 Å². The van der Waals surface area contributed by atoms with Gasteiger partial charge < -0.3 is 4.74 Å². The first kappa shape index (κ1) is 20.7. The van der Waals surface area contributed by atoms with E-state index in [1.165, 1.54) is 30.4 Å². The van der Waals surface area contributed by atoms with Crippen LogP contribution in [0.4, 0.5) is 0 Å². The Morgan fingerprint density at radius 1 is 0.867 bits per heavy atom. The van der Waals surface area contributed by atoms with Gasteiger partial charge in [-0.15, -0.1) is 0 Å². The van der Waals surface area contributed by atoms with E-state index in [-0.39, 0.29) is 0 Å². The molecule has 1 aliphatic carbocycles. The summed E-state index contributed by atoms with van der Waals surface area (Å²) in [6.45, 7) is 9.22. The summed E-state index contributed by atoms with van der Waals surface area (Å²) in [7, 11) is 0. The lowest BCUT2D eigenvalue weighted by Crippen LogP contribution is -2.23. The Labute approximate surface area is 182 Å². The molecule has 0 aliphatic heterocycles. The van der Waals surface area contributed by atoms with Crippen molar-refractivity contribution in [2.75, 3.05) is 0 Å². The quantitative estimate of drug-likeness (QED) is 0.406. The molecule has 0 fully saturated rings. The molecule has 0 bridgehead atoms. The molecular weight excluding hydrogens is 364 g/mol. The van der Waals surface area contributed by atoms with Crippen molar-refractivity contribution in [1.29, 1.82) is 0 Å². The van der Waals surface area contributed by atoms with Crippen LogP contribution < -0.4 is 4.74 Å². The normalized spacial score (nSPS) is 19.4. The molecular formula is C29H34O. The van der Waals surface area contributed by atoms with Gasteiger partial charge in [0.1, 0.15) is 11.5 Å². The number of aryl methyl sites for hydroxylation is 1. The zero-order valence-electron chi connectivity index (χ0n) is 18.8. The second kappa shape index (κ2) is 9.08. The predicted octanol–water partition coefficient (Wildman–Crippen LogP) is 8.28. The van der Waals surface area contributed by atoms with Crippen LogP contribution in [0.15, 0.2) is 72.8 Å². The van der Waals surface area contributed by atoms with Crippen molar-refractivity contribution >= 4 is 0 Å². The van der Waals surface area contributed by atoms with E-state index in [2.05, 4.69) is 88.4 Å². The fraction of sp³-hybridized carbons (Fsp3) is 0.379. The summed E-state index contributed by atoms with van der Waals surface area (Å²) in [4.78, 5) is 0. The molecule has 4 rings (SSSR count). The molecule has 0 aromatic heterocycles. The Bertz CT molecular complexity index is 970. The molecule has 0 saturated heterocycles. The first-order valence-corrected chi connectivity index (χ1v) is 11.4. The van der Waals surface area contributed by atoms with Crippen LogP contribution in [-0.4, -0.2) is 0 Å². The topological polar surface area (TPSA) is 9.23 Å². The maximum absolute atomic E-state index is 6.02. The molecule has 0 spiro atoms. The van der Waals surface area contributed by atoms with E-state index in [0.717, 1.165) is 17.4 Å². The second-order valence-corrected chi connectivity index (χ2v) is 9.48. The number of hydrogen-bond donors (Lipinski definition) is 0. The largest absolute Gasteiger partial charge is 0.457 e. The maximum atomic E-state index is 6.02. The third-order valence-corrected chi connectivity index (χ3v) is 6.72. The van der Waals surface area contributed by atoms with E-state index in [1.54, 1.807) is 11.1 Å². The van der Waals surface area contributed by atoms with Gasteiger partial charge in [0.15, 0.2) is 0 Å². The number of ether oxygens (including phenoxy) is 1. The minimum Gasteiger partial charge on any atom is -0.457 e. The number of benzene rings is 3. The van der Waals surface area contributed by atoms with E-state index >= 15 is 0 Å². The zero-order chi connectivity index (χ0) is 21.1. The van der Waals surface area contributed by atoms with Crippen molar-refractivity contribution in [1.82, 2.24) is 0 Å². The van der Waals surface area contributed by atoms with Crippen LogP contribution >= 0.6 is 0 Å². The van der Waals surface area contributed by atoms with Gasteiger partial charge >= 0.3 is 0 Å². The fourth-order valence-electron chi connectivity index (χ4n) is 5.09. The van der Waals surface area contributed by atoms with E-state index < -0.39 is 0 Å². The van der Waals surface area contributed by atoms with E-state index in [0.29, 0.717) is 17.8 Å². The third-order valence-electron chi connectivity index (χ3n) is 6.72. The Morgan fingerprint density at radius 3 is 2.37 bits per heavy atom. The minimum absolute atomic E-state index is 0.557. The van der Waals surface area contributed by atoms with Crippen LogP contribution in [0.1, 0.15) is 67.7 Å². The summed E-state index contributed by atoms with van der Waals surface area (Å²) in [5.74, 6) is 4.51. The second-order valence-electron chi connectivity index (χ2n) is 9.48. The molecule has 0 saturated carbocycles. The van der Waals surface area contributed by atoms with E-state index in [4.69, 9.17) is 4.74 Å². The first-order chi connectivity index (χ1) is 14.5. The summed E-state index contributed by atoms with van der Waals surface area (Å²) in [6, 6.07) is 26.0. The highest BCUT2D eigenvalue weighted by atomic mass is 16.5. The molecule has 0 heterocycles. The minimum atomic E-state index is 0.557. The molecule has 3 aromatic carbocycles. The molecule has 156 valence electrons. The lowest BCUT2D eigenvalue weighted by molar-refractivity contribution is 0.317. The zero-order valence-corrected chi connectivity index (χ0v) is 18.8. The van der Waals surface area contributed by atoms with Crippen LogP contribution in [0.2, 0.25) is 0 Å². The van der Waals surface area contributed by atoms with Crippen molar-refractivity contribution in [2.24, 2.45) is 11.8 Å². The van der Waals surface area contributed by atoms with Crippen molar-refractivity contribution in [3.63, 3.8) is 0 Å². The smallest absolute Gasteiger partial charge is 0.127 e. The summed E-state index contributed by atoms with van der Waals surface area (Å²) < 4.78 is 6.02. The van der Waals surface area contributed by atoms with Crippen molar-refractivity contribution in [3.8, 4) is 11.5 Å². The number of hydrogen-bond acceptors (Lipinski definition) is 1. The average molecular weight is 399 g/mol. The Hall–Kier alpha value is -2.54. The fourth-order valence-corrected chi connectivity index (χ4v) is 5.09. The SMILES string of the molecule is Cc1cccc(Oc2ccc(C(C)CC3Cc4ccccc4C(C(C)C)C3)cc2)c1. The van der Waals surface area contributed by atoms with Crippen LogP contribution in [0.5, 0.6) is 11.5 Å². The van der Waals surface area contributed by atoms with Crippen molar-refractivity contribution in [2.45, 2.75) is 58.8 Å². The molecule has 30 heavy (non-hydrogen) atoms. The van der Waals surface area contributed by atoms with Gasteiger partial charge in [-0.2, -0.15) is 0 Å². The Kier molecular flexibility index (Phi) is 6.27. The highest BCUT2D eigenvalue weighted by Gasteiger charge is 2.29. The van der Waals surface area contributed by atoms with Crippen LogP contribution in [0.3, 0.4) is 0 Å². The molecule has 3 unspecified atom stereocenters. The first-order valence-electron chi connectivity index (χ1n) is 11.4. The summed E-state index contributed by atoms with van der Waals surface area (Å²) >= 11 is 0. The van der Waals surface area contributed by atoms with Gasteiger partial charge in [-0.05, 0) is 96.4 Å². The lowest BCUT2D eigenvalue weighted by atomic mass is 9.70. The lowest BCUT2D eigenvalue weighted by Gasteiger charge is -2.35. The predicted molar refractivity (Wildman–Crippen MR) is 127 cm³/mol. The van der Waals surface area contributed by atoms with Crippen LogP contribution in [-0.2, 0) is 6.42 Å². The average Bonchev–Trinajstić information content (AvgIpc) is 2.73. The monoisotopic (exact) mass is 398 g/mol. The molecule has 3 atom stereocenters. The van der Waals surface area contributed by atoms with Gasteiger partial charge in [-0.1, -0.05) is 69.3 Å². The van der Waals surface area contributed by atoms with E-state index in [1.807, 2.05) is 12.1 Å². The van der Waals surface area contributed by atoms with Gasteiger partial charge in [0.2, 0.25) is 0 Å².